The van der Waals surface area contributed by atoms with Gasteiger partial charge in [0.25, 0.3) is 0 Å². The second-order valence-corrected chi connectivity index (χ2v) is 4.64. The first-order valence-corrected chi connectivity index (χ1v) is 6.39. The zero-order valence-corrected chi connectivity index (χ0v) is 10.0. The van der Waals surface area contributed by atoms with E-state index < -0.39 is 21.8 Å². The Morgan fingerprint density at radius 2 is 2.12 bits per heavy atom. The molecule has 0 saturated heterocycles. The largest absolute Gasteiger partial charge is 0.748 e. The molecule has 98 valence electrons. The van der Waals surface area contributed by atoms with Gasteiger partial charge in [0.15, 0.2) is 0 Å². The van der Waals surface area contributed by atoms with Crippen molar-refractivity contribution in [1.29, 1.82) is 0 Å². The molecule has 0 atom stereocenters. The minimum atomic E-state index is -4.26. The smallest absolute Gasteiger partial charge is 0.307 e. The van der Waals surface area contributed by atoms with E-state index in [1.807, 2.05) is 0 Å². The third-order valence-electron chi connectivity index (χ3n) is 1.75. The molecule has 0 aliphatic rings. The van der Waals surface area contributed by atoms with E-state index in [9.17, 15) is 22.6 Å². The van der Waals surface area contributed by atoms with Gasteiger partial charge in [-0.15, -0.1) is 0 Å². The Bertz CT molecular complexity index is 356. The van der Waals surface area contributed by atoms with E-state index in [4.69, 9.17) is 0 Å². The molecule has 0 aromatic heterocycles. The quantitative estimate of drug-likeness (QED) is 0.240. The topological polar surface area (TPSA) is 104 Å². The molecule has 0 rings (SSSR count). The van der Waals surface area contributed by atoms with E-state index in [0.29, 0.717) is 6.41 Å². The highest BCUT2D eigenvalue weighted by Crippen LogP contribution is 1.94. The van der Waals surface area contributed by atoms with E-state index in [-0.39, 0.29) is 26.0 Å². The molecule has 0 heterocycles. The maximum atomic E-state index is 11.1. The summed E-state index contributed by atoms with van der Waals surface area (Å²) in [4.78, 5) is 22.6. The van der Waals surface area contributed by atoms with E-state index in [1.165, 1.54) is 11.1 Å². The zero-order valence-electron chi connectivity index (χ0n) is 9.20. The van der Waals surface area contributed by atoms with Gasteiger partial charge in [-0.2, -0.15) is 0 Å². The summed E-state index contributed by atoms with van der Waals surface area (Å²) in [6, 6.07) is 0. The lowest BCUT2D eigenvalue weighted by Crippen LogP contribution is -2.20. The number of hydrogen-bond donors (Lipinski definition) is 0. The fraction of sp³-hybridized carbons (Fsp3) is 0.556. The number of carbonyl (C=O) groups excluding carboxylic acids is 2. The highest BCUT2D eigenvalue weighted by Gasteiger charge is 2.05. The number of esters is 1. The maximum Gasteiger partial charge on any atom is 0.307 e. The van der Waals surface area contributed by atoms with Crippen LogP contribution in [0.3, 0.4) is 0 Å². The predicted octanol–water partition coefficient (Wildman–Crippen LogP) is -0.543. The molecule has 0 aliphatic heterocycles. The minimum absolute atomic E-state index is 0.0190. The van der Waals surface area contributed by atoms with Gasteiger partial charge in [0, 0.05) is 12.3 Å². The normalized spacial score (nSPS) is 10.6. The molecule has 8 heteroatoms. The zero-order chi connectivity index (χ0) is 13.3. The van der Waals surface area contributed by atoms with Crippen LogP contribution in [-0.2, 0) is 24.4 Å². The molecule has 17 heavy (non-hydrogen) atoms. The van der Waals surface area contributed by atoms with Crippen molar-refractivity contribution in [2.75, 3.05) is 18.9 Å². The Labute approximate surface area is 99.8 Å². The van der Waals surface area contributed by atoms with Crippen LogP contribution in [0.4, 0.5) is 0 Å². The van der Waals surface area contributed by atoms with Crippen LogP contribution in [0.25, 0.3) is 0 Å². The summed E-state index contributed by atoms with van der Waals surface area (Å²) < 4.78 is 35.3. The van der Waals surface area contributed by atoms with Gasteiger partial charge in [-0.3, -0.25) is 9.59 Å². The van der Waals surface area contributed by atoms with Crippen LogP contribution < -0.4 is 0 Å². The number of nitrogens with zero attached hydrogens (tertiary/aromatic N) is 1. The van der Waals surface area contributed by atoms with Crippen molar-refractivity contribution in [3.05, 3.63) is 12.8 Å². The number of carbonyl (C=O) groups is 2. The molecule has 0 aromatic rings. The van der Waals surface area contributed by atoms with Crippen LogP contribution in [-0.4, -0.2) is 49.2 Å². The van der Waals surface area contributed by atoms with Gasteiger partial charge in [-0.1, -0.05) is 6.58 Å². The van der Waals surface area contributed by atoms with Crippen molar-refractivity contribution in [2.24, 2.45) is 0 Å². The second-order valence-electron chi connectivity index (χ2n) is 3.11. The summed E-state index contributed by atoms with van der Waals surface area (Å²) in [5, 5.41) is 0. The fourth-order valence-electron chi connectivity index (χ4n) is 0.901. The Morgan fingerprint density at radius 3 is 2.59 bits per heavy atom. The van der Waals surface area contributed by atoms with Gasteiger partial charge in [0.2, 0.25) is 6.41 Å². The first-order chi connectivity index (χ1) is 7.89. The summed E-state index contributed by atoms with van der Waals surface area (Å²) in [7, 11) is -4.26. The maximum absolute atomic E-state index is 11.1. The van der Waals surface area contributed by atoms with Gasteiger partial charge < -0.3 is 14.2 Å². The van der Waals surface area contributed by atoms with Crippen LogP contribution in [0.2, 0.25) is 0 Å². The Hall–Kier alpha value is -1.41. The fourth-order valence-corrected chi connectivity index (χ4v) is 1.37. The lowest BCUT2D eigenvalue weighted by Gasteiger charge is -2.11. The average Bonchev–Trinajstić information content (AvgIpc) is 2.24. The summed E-state index contributed by atoms with van der Waals surface area (Å²) >= 11 is 0. The van der Waals surface area contributed by atoms with E-state index in [0.717, 1.165) is 0 Å². The molecule has 0 saturated carbocycles. The van der Waals surface area contributed by atoms with Gasteiger partial charge >= 0.3 is 5.97 Å². The van der Waals surface area contributed by atoms with E-state index in [1.54, 1.807) is 0 Å². The molecule has 0 aliphatic carbocycles. The third-order valence-corrected chi connectivity index (χ3v) is 2.53. The van der Waals surface area contributed by atoms with Crippen molar-refractivity contribution in [3.63, 3.8) is 0 Å². The molecule has 0 fully saturated rings. The molecule has 0 N–H and O–H groups in total. The Balaban J connectivity index is 3.67. The lowest BCUT2D eigenvalue weighted by atomic mass is 10.4. The van der Waals surface area contributed by atoms with Crippen LogP contribution >= 0.6 is 0 Å². The molecule has 0 spiro atoms. The van der Waals surface area contributed by atoms with E-state index >= 15 is 0 Å². The van der Waals surface area contributed by atoms with Crippen molar-refractivity contribution < 1.29 is 27.3 Å². The summed E-state index contributed by atoms with van der Waals surface area (Å²) in [6.07, 6.45) is 1.74. The Morgan fingerprint density at radius 1 is 1.47 bits per heavy atom. The van der Waals surface area contributed by atoms with Crippen molar-refractivity contribution in [1.82, 2.24) is 4.90 Å². The molecule has 0 bridgehead atoms. The SMILES string of the molecule is C=CN(C=O)CCC(=O)OCCCS(=O)(=O)[O-]. The average molecular weight is 264 g/mol. The molecule has 0 unspecified atom stereocenters. The van der Waals surface area contributed by atoms with E-state index in [2.05, 4.69) is 11.3 Å². The Kier molecular flexibility index (Phi) is 7.15. The summed E-state index contributed by atoms with van der Waals surface area (Å²) in [5.41, 5.74) is 0. The van der Waals surface area contributed by atoms with Gasteiger partial charge in [0.1, 0.15) is 0 Å². The molecular weight excluding hydrogens is 250 g/mol. The molecule has 0 aromatic carbocycles. The highest BCUT2D eigenvalue weighted by molar-refractivity contribution is 7.85. The summed E-state index contributed by atoms with van der Waals surface area (Å²) in [5.74, 6) is -1.13. The molecule has 1 amide bonds. The van der Waals surface area contributed by atoms with Crippen LogP contribution in [0.15, 0.2) is 12.8 Å². The lowest BCUT2D eigenvalue weighted by molar-refractivity contribution is -0.143. The van der Waals surface area contributed by atoms with Gasteiger partial charge in [0.05, 0.1) is 23.1 Å². The first-order valence-electron chi connectivity index (χ1n) is 4.82. The standard InChI is InChI=1S/C9H15NO6S/c1-2-10(8-11)5-4-9(12)16-6-3-7-17(13,14)15/h2,8H,1,3-7H2,(H,13,14,15)/p-1. The molecular formula is C9H14NO6S-. The first kappa shape index (κ1) is 15.6. The molecule has 7 nitrogen and oxygen atoms in total. The number of hydrogen-bond acceptors (Lipinski definition) is 6. The van der Waals surface area contributed by atoms with Crippen molar-refractivity contribution >= 4 is 22.5 Å². The summed E-state index contributed by atoms with van der Waals surface area (Å²) in [6.45, 7) is 3.37. The van der Waals surface area contributed by atoms with Crippen LogP contribution in [0, 0.1) is 0 Å². The minimum Gasteiger partial charge on any atom is -0.748 e. The highest BCUT2D eigenvalue weighted by atomic mass is 32.2. The number of rotatable bonds is 9. The number of ether oxygens (including phenoxy) is 1. The predicted molar refractivity (Wildman–Crippen MR) is 57.7 cm³/mol. The van der Waals surface area contributed by atoms with Gasteiger partial charge in [-0.05, 0) is 12.6 Å². The van der Waals surface area contributed by atoms with Gasteiger partial charge in [-0.25, -0.2) is 8.42 Å². The van der Waals surface area contributed by atoms with Crippen LogP contribution in [0.5, 0.6) is 0 Å². The monoisotopic (exact) mass is 264 g/mol. The van der Waals surface area contributed by atoms with Crippen molar-refractivity contribution in [3.8, 4) is 0 Å². The molecule has 0 radical (unpaired) electrons. The number of amides is 1. The second kappa shape index (κ2) is 7.80. The third kappa shape index (κ3) is 9.52. The van der Waals surface area contributed by atoms with Crippen LogP contribution in [0.1, 0.15) is 12.8 Å². The van der Waals surface area contributed by atoms with Crippen molar-refractivity contribution in [2.45, 2.75) is 12.8 Å².